The number of hydrogen-bond donors (Lipinski definition) is 0. The molecule has 0 saturated carbocycles. The second-order valence-corrected chi connectivity index (χ2v) is 4.08. The van der Waals surface area contributed by atoms with Crippen molar-refractivity contribution in [3.63, 3.8) is 0 Å². The lowest BCUT2D eigenvalue weighted by Gasteiger charge is -2.11. The van der Waals surface area contributed by atoms with Crippen molar-refractivity contribution >= 4 is 28.6 Å². The van der Waals surface area contributed by atoms with E-state index in [9.17, 15) is 18.0 Å². The Balaban J connectivity index is 2.98. The predicted molar refractivity (Wildman–Crippen MR) is 61.8 cm³/mol. The molecule has 0 aliphatic rings. The summed E-state index contributed by atoms with van der Waals surface area (Å²) in [6.07, 6.45) is -4.78. The van der Waals surface area contributed by atoms with Crippen molar-refractivity contribution in [2.24, 2.45) is 0 Å². The normalized spacial score (nSPS) is 11.1. The highest BCUT2D eigenvalue weighted by atomic mass is 127. The number of benzene rings is 1. The van der Waals surface area contributed by atoms with Crippen molar-refractivity contribution < 1.29 is 27.4 Å². The largest absolute Gasteiger partial charge is 0.573 e. The molecule has 0 N–H and O–H groups in total. The number of carbonyl (C=O) groups excluding carboxylic acids is 1. The first-order chi connectivity index (χ1) is 7.83. The number of carbonyl (C=O) groups is 1. The quantitative estimate of drug-likeness (QED) is 0.613. The first-order valence-corrected chi connectivity index (χ1v) is 5.63. The molecule has 0 radical (unpaired) electrons. The van der Waals surface area contributed by atoms with Gasteiger partial charge >= 0.3 is 12.3 Å². The van der Waals surface area contributed by atoms with Crippen LogP contribution in [0.1, 0.15) is 17.3 Å². The molecule has 0 aliphatic carbocycles. The number of ether oxygens (including phenoxy) is 2. The molecular weight excluding hydrogens is 352 g/mol. The molecule has 0 atom stereocenters. The van der Waals surface area contributed by atoms with Gasteiger partial charge in [-0.15, -0.1) is 13.2 Å². The molecule has 1 aromatic carbocycles. The number of hydrogen-bond acceptors (Lipinski definition) is 3. The third kappa shape index (κ3) is 4.41. The molecule has 0 aromatic heterocycles. The maximum atomic E-state index is 12.1. The third-order valence-electron chi connectivity index (χ3n) is 1.67. The van der Waals surface area contributed by atoms with Gasteiger partial charge in [0.1, 0.15) is 5.75 Å². The van der Waals surface area contributed by atoms with E-state index in [1.165, 1.54) is 12.1 Å². The van der Waals surface area contributed by atoms with Crippen molar-refractivity contribution in [2.75, 3.05) is 6.61 Å². The van der Waals surface area contributed by atoms with Gasteiger partial charge in [0.25, 0.3) is 0 Å². The minimum atomic E-state index is -4.78. The van der Waals surface area contributed by atoms with E-state index in [4.69, 9.17) is 0 Å². The standard InChI is InChI=1S/C10H8F3IO3/c1-2-16-9(15)6-3-4-7(14)8(5-6)17-10(11,12)13/h3-5H,2H2,1H3. The fourth-order valence-corrected chi connectivity index (χ4v) is 1.49. The first-order valence-electron chi connectivity index (χ1n) is 4.56. The van der Waals surface area contributed by atoms with Crippen LogP contribution >= 0.6 is 22.6 Å². The highest BCUT2D eigenvalue weighted by molar-refractivity contribution is 14.1. The third-order valence-corrected chi connectivity index (χ3v) is 2.56. The molecule has 0 saturated heterocycles. The van der Waals surface area contributed by atoms with Crippen molar-refractivity contribution in [1.29, 1.82) is 0 Å². The van der Waals surface area contributed by atoms with E-state index >= 15 is 0 Å². The average molecular weight is 360 g/mol. The van der Waals surface area contributed by atoms with Gasteiger partial charge in [-0.3, -0.25) is 0 Å². The van der Waals surface area contributed by atoms with E-state index in [1.54, 1.807) is 29.5 Å². The molecule has 7 heteroatoms. The van der Waals surface area contributed by atoms with E-state index < -0.39 is 18.1 Å². The Kier molecular flexibility index (Phi) is 4.61. The monoisotopic (exact) mass is 360 g/mol. The average Bonchev–Trinajstić information content (AvgIpc) is 2.19. The molecule has 0 aliphatic heterocycles. The molecule has 0 amide bonds. The molecule has 94 valence electrons. The zero-order valence-electron chi connectivity index (χ0n) is 8.68. The molecular formula is C10H8F3IO3. The lowest BCUT2D eigenvalue weighted by molar-refractivity contribution is -0.275. The Morgan fingerprint density at radius 3 is 2.59 bits per heavy atom. The predicted octanol–water partition coefficient (Wildman–Crippen LogP) is 3.37. The Labute approximate surface area is 109 Å². The lowest BCUT2D eigenvalue weighted by atomic mass is 10.2. The minimum absolute atomic E-state index is 0.0199. The summed E-state index contributed by atoms with van der Waals surface area (Å²) in [6.45, 7) is 1.76. The zero-order valence-corrected chi connectivity index (χ0v) is 10.8. The van der Waals surface area contributed by atoms with Gasteiger partial charge in [0.2, 0.25) is 0 Å². The van der Waals surface area contributed by atoms with E-state index in [0.29, 0.717) is 0 Å². The van der Waals surface area contributed by atoms with Gasteiger partial charge in [-0.05, 0) is 47.7 Å². The second-order valence-electron chi connectivity index (χ2n) is 2.91. The molecule has 0 fully saturated rings. The number of alkyl halides is 3. The van der Waals surface area contributed by atoms with Gasteiger partial charge < -0.3 is 9.47 Å². The molecule has 0 bridgehead atoms. The SMILES string of the molecule is CCOC(=O)c1ccc(I)c(OC(F)(F)F)c1. The van der Waals surface area contributed by atoms with E-state index in [1.807, 2.05) is 0 Å². The van der Waals surface area contributed by atoms with Crippen LogP contribution in [-0.2, 0) is 4.74 Å². The fraction of sp³-hybridized carbons (Fsp3) is 0.300. The van der Waals surface area contributed by atoms with E-state index in [0.717, 1.165) is 6.07 Å². The summed E-state index contributed by atoms with van der Waals surface area (Å²) in [5, 5.41) is 0. The Morgan fingerprint density at radius 1 is 1.41 bits per heavy atom. The van der Waals surface area contributed by atoms with Crippen LogP contribution in [0.2, 0.25) is 0 Å². The van der Waals surface area contributed by atoms with Crippen molar-refractivity contribution in [3.05, 3.63) is 27.3 Å². The first kappa shape index (κ1) is 14.1. The number of rotatable bonds is 3. The summed E-state index contributed by atoms with van der Waals surface area (Å²) < 4.78 is 44.9. The fourth-order valence-electron chi connectivity index (χ4n) is 1.05. The van der Waals surface area contributed by atoms with Crippen LogP contribution in [0.3, 0.4) is 0 Å². The summed E-state index contributed by atoms with van der Waals surface area (Å²) >= 11 is 1.68. The molecule has 17 heavy (non-hydrogen) atoms. The van der Waals surface area contributed by atoms with Crippen molar-refractivity contribution in [3.8, 4) is 5.75 Å². The molecule has 1 aromatic rings. The maximum Gasteiger partial charge on any atom is 0.573 e. The lowest BCUT2D eigenvalue weighted by Crippen LogP contribution is -2.18. The summed E-state index contributed by atoms with van der Waals surface area (Å²) in [5.74, 6) is -1.10. The highest BCUT2D eigenvalue weighted by Gasteiger charge is 2.32. The van der Waals surface area contributed by atoms with Crippen LogP contribution in [0.25, 0.3) is 0 Å². The van der Waals surface area contributed by atoms with Crippen LogP contribution in [0.15, 0.2) is 18.2 Å². The van der Waals surface area contributed by atoms with Crippen LogP contribution < -0.4 is 4.74 Å². The second kappa shape index (κ2) is 5.56. The van der Waals surface area contributed by atoms with Crippen LogP contribution in [0.5, 0.6) is 5.75 Å². The van der Waals surface area contributed by atoms with Gasteiger partial charge in [0.05, 0.1) is 15.7 Å². The maximum absolute atomic E-state index is 12.1. The Hall–Kier alpha value is -0.990. The van der Waals surface area contributed by atoms with Gasteiger partial charge in [0.15, 0.2) is 0 Å². The molecule has 0 unspecified atom stereocenters. The molecule has 0 heterocycles. The summed E-state index contributed by atoms with van der Waals surface area (Å²) in [6, 6.07) is 3.74. The van der Waals surface area contributed by atoms with E-state index in [-0.39, 0.29) is 15.7 Å². The van der Waals surface area contributed by atoms with Gasteiger partial charge in [0, 0.05) is 0 Å². The number of esters is 1. The van der Waals surface area contributed by atoms with Gasteiger partial charge in [-0.2, -0.15) is 0 Å². The topological polar surface area (TPSA) is 35.5 Å². The molecule has 0 spiro atoms. The summed E-state index contributed by atoms with van der Waals surface area (Å²) in [5.41, 5.74) is 0.0199. The van der Waals surface area contributed by atoms with Gasteiger partial charge in [-0.25, -0.2) is 4.79 Å². The Morgan fingerprint density at radius 2 is 2.06 bits per heavy atom. The van der Waals surface area contributed by atoms with Crippen LogP contribution in [0.4, 0.5) is 13.2 Å². The number of halogens is 4. The molecule has 1 rings (SSSR count). The summed E-state index contributed by atoms with van der Waals surface area (Å²) in [4.78, 5) is 11.3. The smallest absolute Gasteiger partial charge is 0.462 e. The van der Waals surface area contributed by atoms with Crippen LogP contribution in [0, 0.1) is 3.57 Å². The zero-order chi connectivity index (χ0) is 13.1. The Bertz CT molecular complexity index is 418. The van der Waals surface area contributed by atoms with Gasteiger partial charge in [-0.1, -0.05) is 0 Å². The highest BCUT2D eigenvalue weighted by Crippen LogP contribution is 2.28. The van der Waals surface area contributed by atoms with Crippen LogP contribution in [-0.4, -0.2) is 18.9 Å². The molecule has 3 nitrogen and oxygen atoms in total. The summed E-state index contributed by atoms with van der Waals surface area (Å²) in [7, 11) is 0. The van der Waals surface area contributed by atoms with Crippen molar-refractivity contribution in [1.82, 2.24) is 0 Å². The van der Waals surface area contributed by atoms with Crippen molar-refractivity contribution in [2.45, 2.75) is 13.3 Å². The van der Waals surface area contributed by atoms with E-state index in [2.05, 4.69) is 9.47 Å². The minimum Gasteiger partial charge on any atom is -0.462 e.